The number of ether oxygens (including phenoxy) is 1. The van der Waals surface area contributed by atoms with Gasteiger partial charge in [0.05, 0.1) is 36.6 Å². The second-order valence-corrected chi connectivity index (χ2v) is 9.31. The molecule has 3 rings (SSSR count). The van der Waals surface area contributed by atoms with Gasteiger partial charge >= 0.3 is 0 Å². The monoisotopic (exact) mass is 447 g/mol. The Bertz CT molecular complexity index is 1090. The molecule has 0 aliphatic carbocycles. The highest BCUT2D eigenvalue weighted by Crippen LogP contribution is 2.32. The van der Waals surface area contributed by atoms with Crippen molar-refractivity contribution in [1.82, 2.24) is 19.9 Å². The van der Waals surface area contributed by atoms with E-state index in [0.29, 0.717) is 16.5 Å². The van der Waals surface area contributed by atoms with Gasteiger partial charge in [-0.15, -0.1) is 0 Å². The third-order valence-electron chi connectivity index (χ3n) is 4.96. The number of hydrogen-bond acceptors (Lipinski definition) is 8. The number of nitrogens with zero attached hydrogens (tertiary/aromatic N) is 3. The van der Waals surface area contributed by atoms with E-state index in [4.69, 9.17) is 10.5 Å². The molecule has 11 heteroatoms. The number of hydroxylamine groups is 2. The summed E-state index contributed by atoms with van der Waals surface area (Å²) >= 11 is 0. The SMILES string of the molecule is COc1ccc(S(=O)(=O)C2(CNC(=O)C(N)Cc3cn(C)cn3)C=CC=CN2O)cc1. The number of rotatable bonds is 8. The van der Waals surface area contributed by atoms with Crippen LogP contribution in [0.5, 0.6) is 5.75 Å². The number of benzene rings is 1. The first kappa shape index (κ1) is 22.5. The number of aromatic nitrogens is 2. The lowest BCUT2D eigenvalue weighted by Crippen LogP contribution is -2.58. The van der Waals surface area contributed by atoms with Crippen molar-refractivity contribution in [1.29, 1.82) is 0 Å². The standard InChI is InChI=1S/C20H25N5O5S/c1-24-12-15(23-14-24)11-18(21)19(26)22-13-20(9-3-4-10-25(20)27)31(28,29)17-7-5-16(30-2)6-8-17/h3-10,12,14,18,27H,11,13,21H2,1-2H3,(H,22,26). The van der Waals surface area contributed by atoms with Gasteiger partial charge in [0.1, 0.15) is 5.75 Å². The molecule has 2 heterocycles. The summed E-state index contributed by atoms with van der Waals surface area (Å²) in [6.45, 7) is -0.423. The van der Waals surface area contributed by atoms with E-state index in [9.17, 15) is 18.4 Å². The Morgan fingerprint density at radius 3 is 2.61 bits per heavy atom. The van der Waals surface area contributed by atoms with Crippen molar-refractivity contribution in [2.75, 3.05) is 13.7 Å². The maximum Gasteiger partial charge on any atom is 0.237 e. The van der Waals surface area contributed by atoms with E-state index in [1.807, 2.05) is 0 Å². The molecule has 1 amide bonds. The molecule has 31 heavy (non-hydrogen) atoms. The number of aryl methyl sites for hydroxylation is 1. The van der Waals surface area contributed by atoms with Crippen molar-refractivity contribution in [2.45, 2.75) is 22.2 Å². The maximum atomic E-state index is 13.5. The number of nitrogens with one attached hydrogen (secondary N) is 1. The predicted molar refractivity (Wildman–Crippen MR) is 113 cm³/mol. The molecule has 1 aromatic carbocycles. The Kier molecular flexibility index (Phi) is 6.48. The van der Waals surface area contributed by atoms with Gasteiger partial charge in [-0.2, -0.15) is 0 Å². The minimum absolute atomic E-state index is 0.0423. The fraction of sp³-hybridized carbons (Fsp3) is 0.300. The number of hydrogen-bond donors (Lipinski definition) is 3. The zero-order valence-electron chi connectivity index (χ0n) is 17.2. The van der Waals surface area contributed by atoms with Crippen LogP contribution in [0.4, 0.5) is 0 Å². The number of sulfone groups is 1. The highest BCUT2D eigenvalue weighted by Gasteiger charge is 2.48. The molecule has 0 fully saturated rings. The molecule has 0 spiro atoms. The van der Waals surface area contributed by atoms with Gasteiger partial charge < -0.3 is 20.4 Å². The predicted octanol–water partition coefficient (Wildman–Crippen LogP) is 0.360. The largest absolute Gasteiger partial charge is 0.497 e. The molecule has 0 saturated heterocycles. The first-order valence-electron chi connectivity index (χ1n) is 9.42. The van der Waals surface area contributed by atoms with Gasteiger partial charge in [-0.25, -0.2) is 18.5 Å². The first-order chi connectivity index (χ1) is 14.7. The molecule has 2 aromatic rings. The second-order valence-electron chi connectivity index (χ2n) is 7.13. The van der Waals surface area contributed by atoms with E-state index >= 15 is 0 Å². The smallest absolute Gasteiger partial charge is 0.237 e. The summed E-state index contributed by atoms with van der Waals surface area (Å²) < 4.78 is 33.8. The number of carbonyl (C=O) groups excluding carboxylic acids is 1. The number of carbonyl (C=O) groups is 1. The summed E-state index contributed by atoms with van der Waals surface area (Å²) in [5.74, 6) is -0.0759. The number of nitrogens with two attached hydrogens (primary N) is 1. The quantitative estimate of drug-likeness (QED) is 0.527. The van der Waals surface area contributed by atoms with Crippen molar-refractivity contribution in [2.24, 2.45) is 12.8 Å². The van der Waals surface area contributed by atoms with Crippen molar-refractivity contribution >= 4 is 15.7 Å². The van der Waals surface area contributed by atoms with Crippen LogP contribution in [-0.2, 0) is 28.1 Å². The molecule has 166 valence electrons. The lowest BCUT2D eigenvalue weighted by molar-refractivity contribution is -0.124. The third-order valence-corrected chi connectivity index (χ3v) is 7.25. The zero-order chi connectivity index (χ0) is 22.6. The van der Waals surface area contributed by atoms with E-state index in [-0.39, 0.29) is 11.3 Å². The van der Waals surface area contributed by atoms with Gasteiger partial charge in [0, 0.05) is 25.9 Å². The van der Waals surface area contributed by atoms with E-state index in [1.165, 1.54) is 55.8 Å². The molecular weight excluding hydrogens is 422 g/mol. The maximum absolute atomic E-state index is 13.5. The average molecular weight is 448 g/mol. The van der Waals surface area contributed by atoms with E-state index in [2.05, 4.69) is 10.3 Å². The molecule has 0 bridgehead atoms. The van der Waals surface area contributed by atoms with E-state index in [0.717, 1.165) is 0 Å². The fourth-order valence-corrected chi connectivity index (χ4v) is 4.91. The zero-order valence-corrected chi connectivity index (χ0v) is 18.0. The highest BCUT2D eigenvalue weighted by atomic mass is 32.2. The molecule has 10 nitrogen and oxygen atoms in total. The molecule has 1 aliphatic rings. The number of imidazole rings is 1. The molecule has 0 saturated carbocycles. The van der Waals surface area contributed by atoms with Crippen LogP contribution in [0.25, 0.3) is 0 Å². The third kappa shape index (κ3) is 4.48. The normalized spacial score (nSPS) is 19.3. The Balaban J connectivity index is 1.82. The first-order valence-corrected chi connectivity index (χ1v) is 10.9. The van der Waals surface area contributed by atoms with Gasteiger partial charge in [-0.3, -0.25) is 10.0 Å². The second kappa shape index (κ2) is 8.92. The average Bonchev–Trinajstić information content (AvgIpc) is 3.17. The van der Waals surface area contributed by atoms with E-state index in [1.54, 1.807) is 24.1 Å². The van der Waals surface area contributed by atoms with Gasteiger partial charge in [0.2, 0.25) is 20.6 Å². The number of allylic oxidation sites excluding steroid dienone is 2. The van der Waals surface area contributed by atoms with Crippen LogP contribution in [0.3, 0.4) is 0 Å². The van der Waals surface area contributed by atoms with Crippen LogP contribution in [0.1, 0.15) is 5.69 Å². The lowest BCUT2D eigenvalue weighted by Gasteiger charge is -2.38. The molecule has 0 radical (unpaired) electrons. The highest BCUT2D eigenvalue weighted by molar-refractivity contribution is 7.93. The Morgan fingerprint density at radius 1 is 1.32 bits per heavy atom. The summed E-state index contributed by atoms with van der Waals surface area (Å²) in [7, 11) is -0.892. The van der Waals surface area contributed by atoms with Gasteiger partial charge in [-0.1, -0.05) is 6.08 Å². The molecule has 1 aliphatic heterocycles. The van der Waals surface area contributed by atoms with Crippen LogP contribution in [0.15, 0.2) is 66.1 Å². The fourth-order valence-electron chi connectivity index (χ4n) is 3.18. The summed E-state index contributed by atoms with van der Waals surface area (Å²) in [5.41, 5.74) is 6.61. The summed E-state index contributed by atoms with van der Waals surface area (Å²) in [5, 5.41) is 13.6. The minimum Gasteiger partial charge on any atom is -0.497 e. The van der Waals surface area contributed by atoms with E-state index < -0.39 is 33.2 Å². The Hall–Kier alpha value is -3.15. The summed E-state index contributed by atoms with van der Waals surface area (Å²) in [6, 6.07) is 4.83. The number of methoxy groups -OCH3 is 1. The molecule has 4 N–H and O–H groups in total. The van der Waals surface area contributed by atoms with Crippen LogP contribution >= 0.6 is 0 Å². The molecule has 2 atom stereocenters. The van der Waals surface area contributed by atoms with Gasteiger partial charge in [-0.05, 0) is 36.4 Å². The van der Waals surface area contributed by atoms with Crippen molar-refractivity contribution in [3.63, 3.8) is 0 Å². The van der Waals surface area contributed by atoms with Crippen molar-refractivity contribution in [3.8, 4) is 5.75 Å². The Morgan fingerprint density at radius 2 is 2.03 bits per heavy atom. The molecule has 2 unspecified atom stereocenters. The minimum atomic E-state index is -4.16. The van der Waals surface area contributed by atoms with Crippen molar-refractivity contribution in [3.05, 3.63) is 66.9 Å². The lowest BCUT2D eigenvalue weighted by atomic mass is 10.1. The van der Waals surface area contributed by atoms with Crippen LogP contribution < -0.4 is 15.8 Å². The van der Waals surface area contributed by atoms with Gasteiger partial charge in [0.15, 0.2) is 0 Å². The van der Waals surface area contributed by atoms with Crippen LogP contribution in [-0.4, -0.2) is 58.7 Å². The van der Waals surface area contributed by atoms with Crippen LogP contribution in [0.2, 0.25) is 0 Å². The topological polar surface area (TPSA) is 140 Å². The Labute approximate surface area is 180 Å². The van der Waals surface area contributed by atoms with Gasteiger partial charge in [0.25, 0.3) is 0 Å². The number of amides is 1. The molecule has 1 aromatic heterocycles. The summed E-state index contributed by atoms with van der Waals surface area (Å²) in [6.07, 6.45) is 9.03. The van der Waals surface area contributed by atoms with Crippen LogP contribution in [0, 0.1) is 0 Å². The molecular formula is C20H25N5O5S. The van der Waals surface area contributed by atoms with Crippen molar-refractivity contribution < 1.29 is 23.2 Å². The summed E-state index contributed by atoms with van der Waals surface area (Å²) in [4.78, 5) is 14.7.